The van der Waals surface area contributed by atoms with Gasteiger partial charge in [0.05, 0.1) is 6.42 Å². The molecule has 4 saturated carbocycles. The Morgan fingerprint density at radius 2 is 1.59 bits per heavy atom. The standard InChI is InChI=1S/C23H30N2O4/c26-20(27)6-7-24-21(28)19(11-15-4-2-1-3-5-15)25-22(29)23-12-16-8-17(13-23)10-18(9-16)14-23/h1-5,16-19H,6-14H2,(H,24,28)(H,25,29)(H,26,27). The maximum absolute atomic E-state index is 13.4. The van der Waals surface area contributed by atoms with Crippen LogP contribution >= 0.6 is 0 Å². The molecule has 0 aromatic heterocycles. The van der Waals surface area contributed by atoms with Gasteiger partial charge in [-0.3, -0.25) is 14.4 Å². The number of carboxylic acids is 1. The molecular weight excluding hydrogens is 368 g/mol. The molecule has 1 atom stereocenters. The van der Waals surface area contributed by atoms with Gasteiger partial charge < -0.3 is 15.7 Å². The number of benzene rings is 1. The van der Waals surface area contributed by atoms with Crippen molar-refractivity contribution in [3.05, 3.63) is 35.9 Å². The molecule has 156 valence electrons. The molecule has 0 aliphatic heterocycles. The minimum Gasteiger partial charge on any atom is -0.481 e. The van der Waals surface area contributed by atoms with Crippen molar-refractivity contribution >= 4 is 17.8 Å². The third-order valence-electron chi connectivity index (χ3n) is 7.06. The van der Waals surface area contributed by atoms with E-state index in [0.717, 1.165) is 24.8 Å². The third kappa shape index (κ3) is 4.46. The van der Waals surface area contributed by atoms with Crippen LogP contribution in [-0.4, -0.2) is 35.5 Å². The van der Waals surface area contributed by atoms with Crippen LogP contribution in [0.2, 0.25) is 0 Å². The lowest BCUT2D eigenvalue weighted by molar-refractivity contribution is -0.148. The van der Waals surface area contributed by atoms with Crippen molar-refractivity contribution in [2.24, 2.45) is 23.2 Å². The molecule has 4 aliphatic rings. The highest BCUT2D eigenvalue weighted by molar-refractivity contribution is 5.90. The smallest absolute Gasteiger partial charge is 0.305 e. The second-order valence-electron chi connectivity index (χ2n) is 9.35. The van der Waals surface area contributed by atoms with Gasteiger partial charge in [-0.25, -0.2) is 0 Å². The molecule has 3 N–H and O–H groups in total. The first-order chi connectivity index (χ1) is 13.9. The zero-order valence-electron chi connectivity index (χ0n) is 16.7. The lowest BCUT2D eigenvalue weighted by atomic mass is 9.49. The Balaban J connectivity index is 1.46. The first-order valence-electron chi connectivity index (χ1n) is 10.8. The number of carbonyl (C=O) groups is 3. The van der Waals surface area contributed by atoms with Crippen LogP contribution < -0.4 is 10.6 Å². The number of carbonyl (C=O) groups excluding carboxylic acids is 2. The molecular formula is C23H30N2O4. The van der Waals surface area contributed by atoms with Crippen LogP contribution in [-0.2, 0) is 20.8 Å². The summed E-state index contributed by atoms with van der Waals surface area (Å²) in [5.74, 6) is 0.721. The molecule has 0 heterocycles. The van der Waals surface area contributed by atoms with Crippen molar-refractivity contribution < 1.29 is 19.5 Å². The molecule has 1 aromatic carbocycles. The number of rotatable bonds is 8. The van der Waals surface area contributed by atoms with Crippen LogP contribution in [0.4, 0.5) is 0 Å². The van der Waals surface area contributed by atoms with Gasteiger partial charge in [0.15, 0.2) is 0 Å². The summed E-state index contributed by atoms with van der Waals surface area (Å²) in [5, 5.41) is 14.6. The Hall–Kier alpha value is -2.37. The Kier molecular flexibility index (Phi) is 5.61. The van der Waals surface area contributed by atoms with Crippen LogP contribution in [0.15, 0.2) is 30.3 Å². The van der Waals surface area contributed by atoms with Crippen molar-refractivity contribution in [1.29, 1.82) is 0 Å². The zero-order valence-corrected chi connectivity index (χ0v) is 16.7. The highest BCUT2D eigenvalue weighted by Gasteiger charge is 2.54. The van der Waals surface area contributed by atoms with E-state index in [2.05, 4.69) is 10.6 Å². The first-order valence-corrected chi connectivity index (χ1v) is 10.8. The molecule has 4 aliphatic carbocycles. The minimum absolute atomic E-state index is 0.0194. The second kappa shape index (κ2) is 8.17. The summed E-state index contributed by atoms with van der Waals surface area (Å²) in [7, 11) is 0. The molecule has 0 radical (unpaired) electrons. The third-order valence-corrected chi connectivity index (χ3v) is 7.06. The molecule has 1 aromatic rings. The normalized spacial score (nSPS) is 30.6. The first kappa shape index (κ1) is 19.9. The van der Waals surface area contributed by atoms with E-state index in [-0.39, 0.29) is 30.2 Å². The number of hydrogen-bond acceptors (Lipinski definition) is 3. The van der Waals surface area contributed by atoms with Gasteiger partial charge in [0, 0.05) is 18.4 Å². The largest absolute Gasteiger partial charge is 0.481 e. The van der Waals surface area contributed by atoms with Gasteiger partial charge in [0.25, 0.3) is 0 Å². The van der Waals surface area contributed by atoms with Crippen LogP contribution in [0.1, 0.15) is 50.5 Å². The van der Waals surface area contributed by atoms with Crippen molar-refractivity contribution in [3.8, 4) is 0 Å². The van der Waals surface area contributed by atoms with Gasteiger partial charge >= 0.3 is 5.97 Å². The SMILES string of the molecule is O=C(O)CCNC(=O)C(Cc1ccccc1)NC(=O)C12CC3CC(CC(C3)C1)C2. The van der Waals surface area contributed by atoms with E-state index in [1.165, 1.54) is 19.3 Å². The van der Waals surface area contributed by atoms with E-state index in [0.29, 0.717) is 24.2 Å². The molecule has 2 amide bonds. The topological polar surface area (TPSA) is 95.5 Å². The Labute approximate surface area is 171 Å². The highest BCUT2D eigenvalue weighted by atomic mass is 16.4. The number of aliphatic carboxylic acids is 1. The summed E-state index contributed by atoms with van der Waals surface area (Å²) in [4.78, 5) is 36.9. The molecule has 6 nitrogen and oxygen atoms in total. The van der Waals surface area contributed by atoms with Gasteiger partial charge in [-0.15, -0.1) is 0 Å². The summed E-state index contributed by atoms with van der Waals surface area (Å²) in [6, 6.07) is 8.93. The van der Waals surface area contributed by atoms with Crippen molar-refractivity contribution in [3.63, 3.8) is 0 Å². The lowest BCUT2D eigenvalue weighted by Gasteiger charge is -2.55. The van der Waals surface area contributed by atoms with Gasteiger partial charge in [-0.1, -0.05) is 30.3 Å². The van der Waals surface area contributed by atoms with Crippen molar-refractivity contribution in [1.82, 2.24) is 10.6 Å². The molecule has 5 rings (SSSR count). The average molecular weight is 399 g/mol. The van der Waals surface area contributed by atoms with Gasteiger partial charge in [-0.05, 0) is 61.8 Å². The summed E-state index contributed by atoms with van der Waals surface area (Å²) in [5.41, 5.74) is 0.655. The van der Waals surface area contributed by atoms with E-state index >= 15 is 0 Å². The van der Waals surface area contributed by atoms with Crippen LogP contribution in [0.5, 0.6) is 0 Å². The van der Waals surface area contributed by atoms with Gasteiger partial charge in [0.1, 0.15) is 6.04 Å². The van der Waals surface area contributed by atoms with Gasteiger partial charge in [0.2, 0.25) is 11.8 Å². The Morgan fingerprint density at radius 3 is 2.14 bits per heavy atom. The number of carboxylic acid groups (broad SMARTS) is 1. The molecule has 4 fully saturated rings. The maximum Gasteiger partial charge on any atom is 0.305 e. The van der Waals surface area contributed by atoms with Crippen LogP contribution in [0, 0.1) is 23.2 Å². The van der Waals surface area contributed by atoms with E-state index in [4.69, 9.17) is 5.11 Å². The van der Waals surface area contributed by atoms with Crippen LogP contribution in [0.25, 0.3) is 0 Å². The zero-order chi connectivity index (χ0) is 20.4. The summed E-state index contributed by atoms with van der Waals surface area (Å²) >= 11 is 0. The maximum atomic E-state index is 13.4. The average Bonchev–Trinajstić information content (AvgIpc) is 2.67. The minimum atomic E-state index is -0.956. The molecule has 4 bridgehead atoms. The van der Waals surface area contributed by atoms with E-state index in [1.807, 2.05) is 30.3 Å². The molecule has 6 heteroatoms. The van der Waals surface area contributed by atoms with E-state index in [1.54, 1.807) is 0 Å². The second-order valence-corrected chi connectivity index (χ2v) is 9.35. The monoisotopic (exact) mass is 398 g/mol. The Morgan fingerprint density at radius 1 is 1.00 bits per heavy atom. The summed E-state index contributed by atoms with van der Waals surface area (Å²) in [6.45, 7) is 0.0622. The van der Waals surface area contributed by atoms with E-state index in [9.17, 15) is 14.4 Å². The van der Waals surface area contributed by atoms with Crippen LogP contribution in [0.3, 0.4) is 0 Å². The van der Waals surface area contributed by atoms with Crippen molar-refractivity contribution in [2.45, 2.75) is 57.4 Å². The van der Waals surface area contributed by atoms with Gasteiger partial charge in [-0.2, -0.15) is 0 Å². The van der Waals surface area contributed by atoms with Crippen molar-refractivity contribution in [2.75, 3.05) is 6.54 Å². The predicted molar refractivity (Wildman–Crippen MR) is 108 cm³/mol. The highest BCUT2D eigenvalue weighted by Crippen LogP contribution is 2.60. The lowest BCUT2D eigenvalue weighted by Crippen LogP contribution is -2.57. The fraction of sp³-hybridized carbons (Fsp3) is 0.609. The quantitative estimate of drug-likeness (QED) is 0.627. The fourth-order valence-corrected chi connectivity index (χ4v) is 6.17. The summed E-state index contributed by atoms with van der Waals surface area (Å²) in [6.07, 6.45) is 6.89. The number of amides is 2. The van der Waals surface area contributed by atoms with E-state index < -0.39 is 12.0 Å². The number of hydrogen-bond donors (Lipinski definition) is 3. The predicted octanol–water partition coefficient (Wildman–Crippen LogP) is 2.52. The molecule has 0 spiro atoms. The number of nitrogens with one attached hydrogen (secondary N) is 2. The molecule has 29 heavy (non-hydrogen) atoms. The fourth-order valence-electron chi connectivity index (χ4n) is 6.17. The molecule has 1 unspecified atom stereocenters. The molecule has 0 saturated heterocycles. The Bertz CT molecular complexity index is 741. The summed E-state index contributed by atoms with van der Waals surface area (Å²) < 4.78 is 0.